The van der Waals surface area contributed by atoms with Gasteiger partial charge in [-0.05, 0) is 51.0 Å². The van der Waals surface area contributed by atoms with E-state index in [-0.39, 0.29) is 12.1 Å². The molecular weight excluding hydrogens is 277 g/mol. The molecule has 0 fully saturated rings. The van der Waals surface area contributed by atoms with Crippen LogP contribution in [-0.4, -0.2) is 28.8 Å². The molecule has 0 unspecified atom stereocenters. The van der Waals surface area contributed by atoms with Gasteiger partial charge in [-0.15, -0.1) is 0 Å². The van der Waals surface area contributed by atoms with Gasteiger partial charge < -0.3 is 9.84 Å². The van der Waals surface area contributed by atoms with Crippen molar-refractivity contribution in [2.45, 2.75) is 45.8 Å². The fourth-order valence-corrected chi connectivity index (χ4v) is 2.42. The van der Waals surface area contributed by atoms with E-state index >= 15 is 0 Å². The second kappa shape index (κ2) is 5.02. The molecule has 5 nitrogen and oxygen atoms in total. The molecule has 0 aliphatic carbocycles. The van der Waals surface area contributed by atoms with Crippen LogP contribution in [0, 0.1) is 12.7 Å². The summed E-state index contributed by atoms with van der Waals surface area (Å²) >= 11 is 0. The van der Waals surface area contributed by atoms with E-state index in [1.807, 2.05) is 0 Å². The predicted octanol–water partition coefficient (Wildman–Crippen LogP) is 2.88. The lowest BCUT2D eigenvalue weighted by Gasteiger charge is -2.27. The molecule has 1 heterocycles. The minimum atomic E-state index is -1.14. The number of aryl methyl sites for hydroxylation is 1. The molecule has 0 aromatic heterocycles. The third-order valence-corrected chi connectivity index (χ3v) is 3.26. The number of ether oxygens (including phenoxy) is 1. The number of rotatable bonds is 1. The van der Waals surface area contributed by atoms with Gasteiger partial charge in [0.15, 0.2) is 0 Å². The third kappa shape index (κ3) is 2.99. The van der Waals surface area contributed by atoms with Crippen LogP contribution in [0.25, 0.3) is 0 Å². The molecule has 1 aromatic carbocycles. The topological polar surface area (TPSA) is 66.8 Å². The number of hydrogen-bond donors (Lipinski definition) is 1. The van der Waals surface area contributed by atoms with E-state index in [0.29, 0.717) is 11.1 Å². The number of hydrogen-bond acceptors (Lipinski definition) is 3. The van der Waals surface area contributed by atoms with Crippen LogP contribution in [0.4, 0.5) is 14.9 Å². The van der Waals surface area contributed by atoms with Crippen molar-refractivity contribution in [1.82, 2.24) is 0 Å². The zero-order chi connectivity index (χ0) is 15.9. The van der Waals surface area contributed by atoms with Gasteiger partial charge >= 0.3 is 12.1 Å². The van der Waals surface area contributed by atoms with E-state index < -0.39 is 29.5 Å². The first-order chi connectivity index (χ1) is 9.60. The molecular formula is C15H18FNO4. The first kappa shape index (κ1) is 15.3. The Labute approximate surface area is 122 Å². The molecule has 1 aliphatic rings. The normalized spacial score (nSPS) is 17.6. The van der Waals surface area contributed by atoms with Gasteiger partial charge in [0.1, 0.15) is 17.5 Å². The van der Waals surface area contributed by atoms with Gasteiger partial charge in [-0.3, -0.25) is 4.90 Å². The second-order valence-corrected chi connectivity index (χ2v) is 6.13. The van der Waals surface area contributed by atoms with Crippen LogP contribution in [0.3, 0.4) is 0 Å². The standard InChI is InChI=1S/C15H18FNO4/c1-8-5-9(16)6-11-10(8)7-12(13(18)19)17(11)14(20)21-15(2,3)4/h5-6,12H,7H2,1-4H3,(H,18,19)/t12-/m1/s1. The number of carbonyl (C=O) groups excluding carboxylic acids is 1. The Morgan fingerprint density at radius 3 is 2.52 bits per heavy atom. The van der Waals surface area contributed by atoms with E-state index in [9.17, 15) is 19.1 Å². The number of benzene rings is 1. The summed E-state index contributed by atoms with van der Waals surface area (Å²) in [6.07, 6.45) is -0.630. The molecule has 2 rings (SSSR count). The lowest BCUT2D eigenvalue weighted by Crippen LogP contribution is -2.45. The van der Waals surface area contributed by atoms with Crippen LogP contribution in [0.1, 0.15) is 31.9 Å². The molecule has 21 heavy (non-hydrogen) atoms. The Morgan fingerprint density at radius 2 is 2.00 bits per heavy atom. The van der Waals surface area contributed by atoms with Gasteiger partial charge in [-0.2, -0.15) is 0 Å². The molecule has 0 radical (unpaired) electrons. The lowest BCUT2D eigenvalue weighted by atomic mass is 10.0. The average Bonchev–Trinajstić information content (AvgIpc) is 2.66. The molecule has 0 spiro atoms. The molecule has 1 N–H and O–H groups in total. The maximum Gasteiger partial charge on any atom is 0.415 e. The highest BCUT2D eigenvalue weighted by molar-refractivity contribution is 5.98. The summed E-state index contributed by atoms with van der Waals surface area (Å²) in [6, 6.07) is 1.43. The molecule has 6 heteroatoms. The Balaban J connectivity index is 2.47. The van der Waals surface area contributed by atoms with Crippen LogP contribution in [0.5, 0.6) is 0 Å². The summed E-state index contributed by atoms with van der Waals surface area (Å²) in [6.45, 7) is 6.76. The molecule has 0 saturated carbocycles. The molecule has 1 aromatic rings. The summed E-state index contributed by atoms with van der Waals surface area (Å²) in [5.74, 6) is -1.65. The highest BCUT2D eigenvalue weighted by Gasteiger charge is 2.41. The van der Waals surface area contributed by atoms with E-state index in [4.69, 9.17) is 4.74 Å². The number of carboxylic acids is 1. The monoisotopic (exact) mass is 295 g/mol. The average molecular weight is 295 g/mol. The van der Waals surface area contributed by atoms with Crippen molar-refractivity contribution in [3.05, 3.63) is 29.1 Å². The summed E-state index contributed by atoms with van der Waals surface area (Å²) in [5, 5.41) is 9.32. The van der Waals surface area contributed by atoms with Crippen molar-refractivity contribution in [2.24, 2.45) is 0 Å². The number of fused-ring (bicyclic) bond motifs is 1. The van der Waals surface area contributed by atoms with E-state index in [1.165, 1.54) is 12.1 Å². The Kier molecular flexibility index (Phi) is 3.65. The first-order valence-electron chi connectivity index (χ1n) is 6.64. The molecule has 1 atom stereocenters. The van der Waals surface area contributed by atoms with Crippen LogP contribution in [0.15, 0.2) is 12.1 Å². The Hall–Kier alpha value is -2.11. The van der Waals surface area contributed by atoms with E-state index in [1.54, 1.807) is 27.7 Å². The van der Waals surface area contributed by atoms with Gasteiger partial charge in [0.25, 0.3) is 0 Å². The number of anilines is 1. The Morgan fingerprint density at radius 1 is 1.38 bits per heavy atom. The van der Waals surface area contributed by atoms with Crippen molar-refractivity contribution in [2.75, 3.05) is 4.90 Å². The van der Waals surface area contributed by atoms with Gasteiger partial charge in [-0.25, -0.2) is 14.0 Å². The van der Waals surface area contributed by atoms with Crippen LogP contribution in [-0.2, 0) is 16.0 Å². The van der Waals surface area contributed by atoms with Crippen LogP contribution < -0.4 is 4.90 Å². The largest absolute Gasteiger partial charge is 0.480 e. The van der Waals surface area contributed by atoms with Crippen molar-refractivity contribution >= 4 is 17.7 Å². The molecule has 1 amide bonds. The number of carbonyl (C=O) groups is 2. The van der Waals surface area contributed by atoms with E-state index in [2.05, 4.69) is 0 Å². The highest BCUT2D eigenvalue weighted by Crippen LogP contribution is 2.36. The SMILES string of the molecule is Cc1cc(F)cc2c1C[C@H](C(=O)O)N2C(=O)OC(C)(C)C. The lowest BCUT2D eigenvalue weighted by molar-refractivity contribution is -0.138. The molecule has 114 valence electrons. The van der Waals surface area contributed by atoms with Gasteiger partial charge in [0.2, 0.25) is 0 Å². The third-order valence-electron chi connectivity index (χ3n) is 3.26. The smallest absolute Gasteiger partial charge is 0.415 e. The summed E-state index contributed by atoms with van der Waals surface area (Å²) < 4.78 is 18.8. The second-order valence-electron chi connectivity index (χ2n) is 6.13. The van der Waals surface area contributed by atoms with Crippen LogP contribution >= 0.6 is 0 Å². The van der Waals surface area contributed by atoms with Crippen molar-refractivity contribution in [1.29, 1.82) is 0 Å². The zero-order valence-electron chi connectivity index (χ0n) is 12.4. The quantitative estimate of drug-likeness (QED) is 0.865. The maximum absolute atomic E-state index is 13.6. The van der Waals surface area contributed by atoms with E-state index in [0.717, 1.165) is 4.90 Å². The summed E-state index contributed by atoms with van der Waals surface area (Å²) in [7, 11) is 0. The molecule has 1 aliphatic heterocycles. The fourth-order valence-electron chi connectivity index (χ4n) is 2.42. The van der Waals surface area contributed by atoms with Gasteiger partial charge in [0.05, 0.1) is 5.69 Å². The van der Waals surface area contributed by atoms with Crippen molar-refractivity contribution in [3.8, 4) is 0 Å². The molecule has 0 saturated heterocycles. The summed E-state index contributed by atoms with van der Waals surface area (Å²) in [5.41, 5.74) is 0.803. The number of amides is 1. The predicted molar refractivity (Wildman–Crippen MR) is 75.0 cm³/mol. The van der Waals surface area contributed by atoms with Crippen LogP contribution in [0.2, 0.25) is 0 Å². The van der Waals surface area contributed by atoms with Crippen molar-refractivity contribution < 1.29 is 23.8 Å². The number of halogens is 1. The number of aliphatic carboxylic acids is 1. The minimum absolute atomic E-state index is 0.149. The summed E-state index contributed by atoms with van der Waals surface area (Å²) in [4.78, 5) is 24.7. The highest BCUT2D eigenvalue weighted by atomic mass is 19.1. The Bertz CT molecular complexity index is 606. The van der Waals surface area contributed by atoms with Gasteiger partial charge in [-0.1, -0.05) is 0 Å². The first-order valence-corrected chi connectivity index (χ1v) is 6.64. The number of nitrogens with zero attached hydrogens (tertiary/aromatic N) is 1. The van der Waals surface area contributed by atoms with Gasteiger partial charge in [0, 0.05) is 6.42 Å². The molecule has 0 bridgehead atoms. The number of carboxylic acid groups (broad SMARTS) is 1. The fraction of sp³-hybridized carbons (Fsp3) is 0.467. The maximum atomic E-state index is 13.6. The minimum Gasteiger partial charge on any atom is -0.480 e. The zero-order valence-corrected chi connectivity index (χ0v) is 12.4. The van der Waals surface area contributed by atoms with Crippen molar-refractivity contribution in [3.63, 3.8) is 0 Å².